The molecule has 3 heteroatoms. The van der Waals surface area contributed by atoms with Gasteiger partial charge in [-0.15, -0.1) is 0 Å². The van der Waals surface area contributed by atoms with E-state index in [1.54, 1.807) is 0 Å². The van der Waals surface area contributed by atoms with Crippen LogP contribution in [0.4, 0.5) is 0 Å². The van der Waals surface area contributed by atoms with Gasteiger partial charge in [-0.3, -0.25) is 4.98 Å². The Kier molecular flexibility index (Phi) is 4.20. The molecule has 1 aliphatic rings. The smallest absolute Gasteiger partial charge is 0.126 e. The Hall–Kier alpha value is -1.87. The van der Waals surface area contributed by atoms with Crippen molar-refractivity contribution in [3.8, 4) is 5.75 Å². The van der Waals surface area contributed by atoms with Crippen LogP contribution in [-0.4, -0.2) is 11.6 Å². The third-order valence-corrected chi connectivity index (χ3v) is 4.19. The highest BCUT2D eigenvalue weighted by atomic mass is 16.5. The first-order valence-electron chi connectivity index (χ1n) is 7.61. The first kappa shape index (κ1) is 14.1. The van der Waals surface area contributed by atoms with Gasteiger partial charge in [0.05, 0.1) is 6.61 Å². The van der Waals surface area contributed by atoms with E-state index in [2.05, 4.69) is 48.4 Å². The lowest BCUT2D eigenvalue weighted by Gasteiger charge is -2.20. The summed E-state index contributed by atoms with van der Waals surface area (Å²) in [7, 11) is 0. The minimum atomic E-state index is 0.349. The Morgan fingerprint density at radius 1 is 1.24 bits per heavy atom. The minimum Gasteiger partial charge on any atom is -0.493 e. The fraction of sp³-hybridized carbons (Fsp3) is 0.389. The van der Waals surface area contributed by atoms with Gasteiger partial charge in [-0.2, -0.15) is 0 Å². The summed E-state index contributed by atoms with van der Waals surface area (Å²) in [5.74, 6) is 1.07. The number of benzene rings is 1. The molecule has 0 fully saturated rings. The third kappa shape index (κ3) is 3.08. The van der Waals surface area contributed by atoms with E-state index in [1.165, 1.54) is 22.3 Å². The van der Waals surface area contributed by atoms with Crippen LogP contribution in [0.25, 0.3) is 0 Å². The Bertz CT molecular complexity index is 624. The van der Waals surface area contributed by atoms with Gasteiger partial charge in [0, 0.05) is 30.5 Å². The predicted octanol–water partition coefficient (Wildman–Crippen LogP) is 3.70. The molecule has 1 N–H and O–H groups in total. The summed E-state index contributed by atoms with van der Waals surface area (Å²) in [5.41, 5.74) is 5.05. The van der Waals surface area contributed by atoms with E-state index >= 15 is 0 Å². The number of fused-ring (bicyclic) bond motifs is 1. The zero-order chi connectivity index (χ0) is 14.7. The number of para-hydroxylation sites is 1. The molecule has 0 aliphatic carbocycles. The van der Waals surface area contributed by atoms with Crippen LogP contribution in [0.2, 0.25) is 0 Å². The standard InChI is InChI=1S/C18H22N2O/c1-13-8-9-19-11-15(13)12-20-17-7-4-10-21-18-14(2)5-3-6-16(17)18/h3,5-6,8-9,11,17,20H,4,7,10,12H2,1-2H3. The van der Waals surface area contributed by atoms with E-state index in [-0.39, 0.29) is 0 Å². The fourth-order valence-corrected chi connectivity index (χ4v) is 2.89. The summed E-state index contributed by atoms with van der Waals surface area (Å²) < 4.78 is 5.93. The van der Waals surface area contributed by atoms with Gasteiger partial charge in [-0.1, -0.05) is 18.2 Å². The van der Waals surface area contributed by atoms with E-state index in [0.29, 0.717) is 6.04 Å². The SMILES string of the molecule is Cc1ccncc1CNC1CCCOc2c(C)cccc21. The average Bonchev–Trinajstić information content (AvgIpc) is 2.70. The second kappa shape index (κ2) is 6.27. The van der Waals surface area contributed by atoms with Gasteiger partial charge in [0.2, 0.25) is 0 Å². The van der Waals surface area contributed by atoms with Crippen molar-refractivity contribution < 1.29 is 4.74 Å². The molecule has 21 heavy (non-hydrogen) atoms. The molecule has 0 radical (unpaired) electrons. The molecule has 1 atom stereocenters. The Labute approximate surface area is 126 Å². The highest BCUT2D eigenvalue weighted by Crippen LogP contribution is 2.34. The van der Waals surface area contributed by atoms with Gasteiger partial charge in [0.1, 0.15) is 5.75 Å². The molecular weight excluding hydrogens is 260 g/mol. The molecule has 0 amide bonds. The molecular formula is C18H22N2O. The summed E-state index contributed by atoms with van der Waals surface area (Å²) in [6.45, 7) is 5.90. The van der Waals surface area contributed by atoms with E-state index in [9.17, 15) is 0 Å². The van der Waals surface area contributed by atoms with E-state index in [1.807, 2.05) is 12.4 Å². The molecule has 2 aromatic rings. The predicted molar refractivity (Wildman–Crippen MR) is 84.5 cm³/mol. The summed E-state index contributed by atoms with van der Waals surface area (Å²) in [5, 5.41) is 3.68. The van der Waals surface area contributed by atoms with Crippen molar-refractivity contribution in [1.29, 1.82) is 0 Å². The van der Waals surface area contributed by atoms with Gasteiger partial charge in [-0.25, -0.2) is 0 Å². The quantitative estimate of drug-likeness (QED) is 0.932. The number of nitrogens with one attached hydrogen (secondary N) is 1. The maximum Gasteiger partial charge on any atom is 0.126 e. The summed E-state index contributed by atoms with van der Waals surface area (Å²) in [4.78, 5) is 4.22. The van der Waals surface area contributed by atoms with Crippen molar-refractivity contribution in [3.05, 3.63) is 58.9 Å². The molecule has 0 bridgehead atoms. The fourth-order valence-electron chi connectivity index (χ4n) is 2.89. The Morgan fingerprint density at radius 3 is 3.00 bits per heavy atom. The lowest BCUT2D eigenvalue weighted by Crippen LogP contribution is -2.21. The molecule has 0 saturated heterocycles. The second-order valence-electron chi connectivity index (χ2n) is 5.72. The molecule has 0 spiro atoms. The van der Waals surface area contributed by atoms with E-state index < -0.39 is 0 Å². The van der Waals surface area contributed by atoms with Crippen molar-refractivity contribution in [1.82, 2.24) is 10.3 Å². The molecule has 1 aromatic carbocycles. The van der Waals surface area contributed by atoms with Crippen LogP contribution in [0.5, 0.6) is 5.75 Å². The number of hydrogen-bond acceptors (Lipinski definition) is 3. The number of hydrogen-bond donors (Lipinski definition) is 1. The molecule has 1 aromatic heterocycles. The molecule has 3 rings (SSSR count). The van der Waals surface area contributed by atoms with Crippen molar-refractivity contribution in [2.45, 2.75) is 39.3 Å². The van der Waals surface area contributed by atoms with Crippen LogP contribution in [-0.2, 0) is 6.54 Å². The molecule has 110 valence electrons. The highest BCUT2D eigenvalue weighted by molar-refractivity contribution is 5.43. The number of aromatic nitrogens is 1. The van der Waals surface area contributed by atoms with Gasteiger partial charge < -0.3 is 10.1 Å². The van der Waals surface area contributed by atoms with Gasteiger partial charge in [-0.05, 0) is 49.4 Å². The first-order chi connectivity index (χ1) is 10.3. The van der Waals surface area contributed by atoms with E-state index in [0.717, 1.165) is 31.7 Å². The topological polar surface area (TPSA) is 34.2 Å². The Balaban J connectivity index is 1.80. The second-order valence-corrected chi connectivity index (χ2v) is 5.72. The van der Waals surface area contributed by atoms with Crippen molar-refractivity contribution in [2.75, 3.05) is 6.61 Å². The monoisotopic (exact) mass is 282 g/mol. The van der Waals surface area contributed by atoms with E-state index in [4.69, 9.17) is 4.74 Å². The van der Waals surface area contributed by atoms with Gasteiger partial charge >= 0.3 is 0 Å². The molecule has 3 nitrogen and oxygen atoms in total. The van der Waals surface area contributed by atoms with Crippen LogP contribution in [0.1, 0.15) is 41.1 Å². The van der Waals surface area contributed by atoms with Gasteiger partial charge in [0.25, 0.3) is 0 Å². The normalized spacial score (nSPS) is 17.7. The maximum atomic E-state index is 5.93. The highest BCUT2D eigenvalue weighted by Gasteiger charge is 2.20. The van der Waals surface area contributed by atoms with Crippen molar-refractivity contribution in [3.63, 3.8) is 0 Å². The largest absolute Gasteiger partial charge is 0.493 e. The number of nitrogens with zero attached hydrogens (tertiary/aromatic N) is 1. The van der Waals surface area contributed by atoms with Crippen molar-refractivity contribution in [2.24, 2.45) is 0 Å². The summed E-state index contributed by atoms with van der Waals surface area (Å²) in [6, 6.07) is 8.83. The maximum absolute atomic E-state index is 5.93. The summed E-state index contributed by atoms with van der Waals surface area (Å²) >= 11 is 0. The average molecular weight is 282 g/mol. The first-order valence-corrected chi connectivity index (χ1v) is 7.61. The lowest BCUT2D eigenvalue weighted by molar-refractivity contribution is 0.313. The van der Waals surface area contributed by atoms with Crippen molar-refractivity contribution >= 4 is 0 Å². The lowest BCUT2D eigenvalue weighted by atomic mass is 9.99. The zero-order valence-electron chi connectivity index (χ0n) is 12.7. The number of rotatable bonds is 3. The molecule has 2 heterocycles. The number of aryl methyl sites for hydroxylation is 2. The zero-order valence-corrected chi connectivity index (χ0v) is 12.7. The number of ether oxygens (including phenoxy) is 1. The van der Waals surface area contributed by atoms with Crippen LogP contribution in [0, 0.1) is 13.8 Å². The van der Waals surface area contributed by atoms with Crippen LogP contribution >= 0.6 is 0 Å². The Morgan fingerprint density at radius 2 is 2.14 bits per heavy atom. The van der Waals surface area contributed by atoms with Crippen LogP contribution in [0.3, 0.4) is 0 Å². The number of pyridine rings is 1. The van der Waals surface area contributed by atoms with Crippen LogP contribution in [0.15, 0.2) is 36.7 Å². The van der Waals surface area contributed by atoms with Crippen LogP contribution < -0.4 is 10.1 Å². The summed E-state index contributed by atoms with van der Waals surface area (Å²) in [6.07, 6.45) is 5.98. The third-order valence-electron chi connectivity index (χ3n) is 4.19. The minimum absolute atomic E-state index is 0.349. The molecule has 0 saturated carbocycles. The molecule has 1 aliphatic heterocycles. The molecule has 1 unspecified atom stereocenters. The van der Waals surface area contributed by atoms with Gasteiger partial charge in [0.15, 0.2) is 0 Å².